The smallest absolute Gasteiger partial charge is 0.270 e. The van der Waals surface area contributed by atoms with Crippen LogP contribution in [0.3, 0.4) is 0 Å². The first kappa shape index (κ1) is 12.4. The second-order valence-electron chi connectivity index (χ2n) is 3.22. The van der Waals surface area contributed by atoms with Crippen molar-refractivity contribution >= 4 is 33.2 Å². The summed E-state index contributed by atoms with van der Waals surface area (Å²) in [5.41, 5.74) is 5.71. The Labute approximate surface area is 100 Å². The number of benzene rings is 1. The highest BCUT2D eigenvalue weighted by molar-refractivity contribution is 9.10. The highest BCUT2D eigenvalue weighted by Gasteiger charge is 2.12. The molecule has 1 amide bonds. The number of halogens is 1. The van der Waals surface area contributed by atoms with Gasteiger partial charge in [0.2, 0.25) is 5.91 Å². The maximum absolute atomic E-state index is 10.7. The maximum atomic E-state index is 10.7. The molecule has 86 valence electrons. The Morgan fingerprint density at radius 3 is 2.69 bits per heavy atom. The molecule has 0 bridgehead atoms. The van der Waals surface area contributed by atoms with Gasteiger partial charge in [-0.2, -0.15) is 0 Å². The van der Waals surface area contributed by atoms with E-state index in [-0.39, 0.29) is 12.2 Å². The number of primary amides is 1. The number of carbonyl (C=O) groups excluding carboxylic acids is 1. The van der Waals surface area contributed by atoms with Crippen LogP contribution < -0.4 is 10.6 Å². The Kier molecular flexibility index (Phi) is 3.83. The molecule has 0 saturated carbocycles. The van der Waals surface area contributed by atoms with Crippen LogP contribution in [0.1, 0.15) is 0 Å². The molecule has 0 heterocycles. The van der Waals surface area contributed by atoms with E-state index in [1.165, 1.54) is 12.1 Å². The quantitative estimate of drug-likeness (QED) is 0.667. The van der Waals surface area contributed by atoms with Crippen LogP contribution in [0, 0.1) is 10.1 Å². The minimum atomic E-state index is -0.484. The zero-order chi connectivity index (χ0) is 12.3. The van der Waals surface area contributed by atoms with Crippen molar-refractivity contribution in [3.8, 4) is 0 Å². The van der Waals surface area contributed by atoms with Crippen molar-refractivity contribution in [1.82, 2.24) is 0 Å². The van der Waals surface area contributed by atoms with Crippen LogP contribution in [0.4, 0.5) is 11.4 Å². The zero-order valence-electron chi connectivity index (χ0n) is 8.51. The Bertz CT molecular complexity index is 436. The standard InChI is InChI=1S/C9H10BrN3O3/c1-12(5-9(11)14)8-3-2-6(13(15)16)4-7(8)10/h2-4H,5H2,1H3,(H2,11,14). The molecule has 0 atom stereocenters. The van der Waals surface area contributed by atoms with E-state index in [0.717, 1.165) is 0 Å². The van der Waals surface area contributed by atoms with Crippen molar-refractivity contribution < 1.29 is 9.72 Å². The molecular weight excluding hydrogens is 278 g/mol. The van der Waals surface area contributed by atoms with Crippen molar-refractivity contribution in [3.63, 3.8) is 0 Å². The fourth-order valence-electron chi connectivity index (χ4n) is 1.24. The lowest BCUT2D eigenvalue weighted by atomic mass is 10.2. The number of amides is 1. The number of non-ortho nitro benzene ring substituents is 1. The second kappa shape index (κ2) is 4.93. The number of hydrogen-bond donors (Lipinski definition) is 1. The minimum absolute atomic E-state index is 0.0110. The van der Waals surface area contributed by atoms with Gasteiger partial charge in [-0.25, -0.2) is 0 Å². The van der Waals surface area contributed by atoms with Crippen LogP contribution in [-0.2, 0) is 4.79 Å². The molecule has 0 aliphatic carbocycles. The van der Waals surface area contributed by atoms with Gasteiger partial charge in [0.15, 0.2) is 0 Å². The van der Waals surface area contributed by atoms with Crippen LogP contribution in [0.15, 0.2) is 22.7 Å². The van der Waals surface area contributed by atoms with Crippen LogP contribution in [0.2, 0.25) is 0 Å². The van der Waals surface area contributed by atoms with E-state index in [0.29, 0.717) is 10.2 Å². The van der Waals surface area contributed by atoms with E-state index in [2.05, 4.69) is 15.9 Å². The largest absolute Gasteiger partial charge is 0.368 e. The predicted molar refractivity (Wildman–Crippen MR) is 63.3 cm³/mol. The fraction of sp³-hybridized carbons (Fsp3) is 0.222. The Balaban J connectivity index is 2.98. The molecule has 16 heavy (non-hydrogen) atoms. The van der Waals surface area contributed by atoms with Gasteiger partial charge in [-0.15, -0.1) is 0 Å². The van der Waals surface area contributed by atoms with Gasteiger partial charge in [-0.3, -0.25) is 14.9 Å². The number of rotatable bonds is 4. The van der Waals surface area contributed by atoms with Crippen molar-refractivity contribution in [2.45, 2.75) is 0 Å². The van der Waals surface area contributed by atoms with Crippen LogP contribution in [0.25, 0.3) is 0 Å². The van der Waals surface area contributed by atoms with Crippen molar-refractivity contribution in [2.24, 2.45) is 5.73 Å². The Hall–Kier alpha value is -1.63. The maximum Gasteiger partial charge on any atom is 0.270 e. The van der Waals surface area contributed by atoms with Gasteiger partial charge >= 0.3 is 0 Å². The number of likely N-dealkylation sites (N-methyl/N-ethyl adjacent to an activating group) is 1. The molecule has 0 unspecified atom stereocenters. The van der Waals surface area contributed by atoms with E-state index < -0.39 is 10.8 Å². The van der Waals surface area contributed by atoms with E-state index >= 15 is 0 Å². The van der Waals surface area contributed by atoms with E-state index in [9.17, 15) is 14.9 Å². The van der Waals surface area contributed by atoms with Gasteiger partial charge in [-0.05, 0) is 22.0 Å². The lowest BCUT2D eigenvalue weighted by Gasteiger charge is -2.18. The molecule has 0 saturated heterocycles. The number of hydrogen-bond acceptors (Lipinski definition) is 4. The molecule has 0 aliphatic rings. The number of nitrogens with two attached hydrogens (primary N) is 1. The fourth-order valence-corrected chi connectivity index (χ4v) is 1.91. The van der Waals surface area contributed by atoms with E-state index in [4.69, 9.17) is 5.73 Å². The lowest BCUT2D eigenvalue weighted by molar-refractivity contribution is -0.384. The summed E-state index contributed by atoms with van der Waals surface area (Å²) in [7, 11) is 1.68. The zero-order valence-corrected chi connectivity index (χ0v) is 10.1. The predicted octanol–water partition coefficient (Wildman–Crippen LogP) is 1.28. The van der Waals surface area contributed by atoms with Crippen molar-refractivity contribution in [2.75, 3.05) is 18.5 Å². The summed E-state index contributed by atoms with van der Waals surface area (Å²) in [5.74, 6) is -0.465. The Morgan fingerprint density at radius 1 is 1.62 bits per heavy atom. The van der Waals surface area contributed by atoms with Crippen LogP contribution >= 0.6 is 15.9 Å². The van der Waals surface area contributed by atoms with Gasteiger partial charge in [-0.1, -0.05) is 0 Å². The molecule has 0 fully saturated rings. The second-order valence-corrected chi connectivity index (χ2v) is 4.07. The Morgan fingerprint density at radius 2 is 2.25 bits per heavy atom. The lowest BCUT2D eigenvalue weighted by Crippen LogP contribution is -2.30. The molecule has 0 spiro atoms. The first-order valence-electron chi connectivity index (χ1n) is 4.35. The molecule has 7 heteroatoms. The average molecular weight is 288 g/mol. The van der Waals surface area contributed by atoms with Gasteiger partial charge in [0.05, 0.1) is 17.2 Å². The molecule has 0 aromatic heterocycles. The molecule has 0 aliphatic heterocycles. The third kappa shape index (κ3) is 2.93. The van der Waals surface area contributed by atoms with E-state index in [1.807, 2.05) is 0 Å². The van der Waals surface area contributed by atoms with Gasteiger partial charge in [0, 0.05) is 23.7 Å². The monoisotopic (exact) mass is 287 g/mol. The average Bonchev–Trinajstić information content (AvgIpc) is 2.15. The highest BCUT2D eigenvalue weighted by atomic mass is 79.9. The molecule has 1 aromatic carbocycles. The summed E-state index contributed by atoms with van der Waals surface area (Å²) >= 11 is 3.21. The third-order valence-corrected chi connectivity index (χ3v) is 2.58. The van der Waals surface area contributed by atoms with Crippen molar-refractivity contribution in [1.29, 1.82) is 0 Å². The van der Waals surface area contributed by atoms with Crippen molar-refractivity contribution in [3.05, 3.63) is 32.8 Å². The molecule has 2 N–H and O–H groups in total. The van der Waals surface area contributed by atoms with Gasteiger partial charge in [0.25, 0.3) is 5.69 Å². The normalized spacial score (nSPS) is 9.88. The molecule has 1 aromatic rings. The summed E-state index contributed by atoms with van der Waals surface area (Å²) in [4.78, 5) is 22.4. The summed E-state index contributed by atoms with van der Waals surface area (Å²) in [6.07, 6.45) is 0. The summed E-state index contributed by atoms with van der Waals surface area (Å²) < 4.78 is 0.547. The van der Waals surface area contributed by atoms with Crippen LogP contribution in [0.5, 0.6) is 0 Å². The number of nitro groups is 1. The minimum Gasteiger partial charge on any atom is -0.368 e. The van der Waals surface area contributed by atoms with Gasteiger partial charge < -0.3 is 10.6 Å². The molecule has 0 radical (unpaired) electrons. The summed E-state index contributed by atoms with van der Waals surface area (Å²) in [6, 6.07) is 4.32. The summed E-state index contributed by atoms with van der Waals surface area (Å²) in [5, 5.41) is 10.5. The van der Waals surface area contributed by atoms with Crippen LogP contribution in [-0.4, -0.2) is 24.4 Å². The summed E-state index contributed by atoms with van der Waals surface area (Å²) in [6.45, 7) is 0.0520. The number of nitrogens with zero attached hydrogens (tertiary/aromatic N) is 2. The topological polar surface area (TPSA) is 89.5 Å². The number of nitro benzene ring substituents is 1. The highest BCUT2D eigenvalue weighted by Crippen LogP contribution is 2.29. The van der Waals surface area contributed by atoms with Gasteiger partial charge in [0.1, 0.15) is 0 Å². The SMILES string of the molecule is CN(CC(N)=O)c1ccc([N+](=O)[O-])cc1Br. The van der Waals surface area contributed by atoms with E-state index in [1.54, 1.807) is 18.0 Å². The number of carbonyl (C=O) groups is 1. The first-order chi connectivity index (χ1) is 7.41. The molecule has 6 nitrogen and oxygen atoms in total. The number of anilines is 1. The molecular formula is C9H10BrN3O3. The molecule has 1 rings (SSSR count). The first-order valence-corrected chi connectivity index (χ1v) is 5.14. The third-order valence-electron chi connectivity index (χ3n) is 1.95.